The first-order chi connectivity index (χ1) is 4.21. The Labute approximate surface area is 80.0 Å². The summed E-state index contributed by atoms with van der Waals surface area (Å²) >= 11 is 13.5. The van der Waals surface area contributed by atoms with E-state index in [0.29, 0.717) is 0 Å². The second kappa shape index (κ2) is 3.96. The summed E-state index contributed by atoms with van der Waals surface area (Å²) in [5.41, 5.74) is 0. The summed E-state index contributed by atoms with van der Waals surface area (Å²) in [5, 5.41) is -4.22. The molecule has 0 aromatic rings. The zero-order valence-electron chi connectivity index (χ0n) is 4.08. The minimum absolute atomic E-state index is 0.274. The Morgan fingerprint density at radius 3 is 1.60 bits per heavy atom. The molecule has 0 aromatic heterocycles. The Balaban J connectivity index is 3.56. The van der Waals surface area contributed by atoms with Crippen LogP contribution in [0.3, 0.4) is 0 Å². The molecule has 0 unspecified atom stereocenters. The van der Waals surface area contributed by atoms with Gasteiger partial charge in [0.2, 0.25) is 0 Å². The van der Waals surface area contributed by atoms with Crippen LogP contribution in [0.15, 0.2) is 0 Å². The molecule has 0 rings (SSSR count). The van der Waals surface area contributed by atoms with Gasteiger partial charge in [-0.25, -0.2) is 0 Å². The fraction of sp³-hybridized carbons (Fsp3) is 1.00. The van der Waals surface area contributed by atoms with Crippen LogP contribution in [-0.4, -0.2) is 22.0 Å². The van der Waals surface area contributed by atoms with E-state index in [0.717, 1.165) is 0 Å². The molecule has 0 fully saturated rings. The molecule has 0 bridgehead atoms. The van der Waals surface area contributed by atoms with E-state index in [1.165, 1.54) is 0 Å². The summed E-state index contributed by atoms with van der Waals surface area (Å²) in [6.07, 6.45) is 0. The first-order valence-corrected chi connectivity index (χ1v) is 6.54. The molecule has 0 amide bonds. The van der Waals surface area contributed by atoms with Gasteiger partial charge >= 0.3 is 80.2 Å². The predicted octanol–water partition coefficient (Wildman–Crippen LogP) is 3.19. The first kappa shape index (κ1) is 11.5. The molecule has 0 radical (unpaired) electrons. The summed E-state index contributed by atoms with van der Waals surface area (Å²) in [6.45, 7) is 0. The van der Waals surface area contributed by atoms with Gasteiger partial charge in [0.25, 0.3) is 0 Å². The van der Waals surface area contributed by atoms with Gasteiger partial charge in [-0.2, -0.15) is 0 Å². The van der Waals surface area contributed by atoms with Crippen LogP contribution in [0.25, 0.3) is 0 Å². The van der Waals surface area contributed by atoms with Crippen LogP contribution < -0.4 is 0 Å². The molecule has 8 heteroatoms. The van der Waals surface area contributed by atoms with Crippen molar-refractivity contribution in [1.29, 1.82) is 0 Å². The van der Waals surface area contributed by atoms with Crippen LogP contribution in [0.2, 0.25) is 0 Å². The van der Waals surface area contributed by atoms with Crippen molar-refractivity contribution in [2.75, 3.05) is 0 Å². The quantitative estimate of drug-likeness (QED) is 0.529. The molecule has 0 saturated carbocycles. The number of halogens is 6. The number of alkyl halides is 6. The van der Waals surface area contributed by atoms with E-state index in [1.807, 2.05) is 0 Å². The van der Waals surface area contributed by atoms with Gasteiger partial charge in [0.05, 0.1) is 0 Å². The average molecular weight is 298 g/mol. The molecule has 0 saturated heterocycles. The van der Waals surface area contributed by atoms with Gasteiger partial charge in [-0.1, -0.05) is 0 Å². The van der Waals surface area contributed by atoms with Crippen molar-refractivity contribution < 1.29 is 13.2 Å². The zero-order chi connectivity index (χ0) is 8.41. The normalized spacial score (nSPS) is 13.8. The van der Waals surface area contributed by atoms with E-state index in [9.17, 15) is 13.2 Å². The van der Waals surface area contributed by atoms with Gasteiger partial charge in [0.15, 0.2) is 0 Å². The van der Waals surface area contributed by atoms with Gasteiger partial charge in [0.1, 0.15) is 0 Å². The van der Waals surface area contributed by atoms with Crippen molar-refractivity contribution in [3.8, 4) is 0 Å². The van der Waals surface area contributed by atoms with Gasteiger partial charge in [-0.05, 0) is 0 Å². The molecule has 0 aromatic carbocycles. The summed E-state index contributed by atoms with van der Waals surface area (Å²) in [7, 11) is 0.274. The zero-order valence-corrected chi connectivity index (χ0v) is 8.88. The molecule has 0 spiro atoms. The van der Waals surface area contributed by atoms with Crippen molar-refractivity contribution in [3.63, 3.8) is 0 Å². The molecular formula is C2Cl3F3SSe. The molecule has 0 aliphatic rings. The summed E-state index contributed by atoms with van der Waals surface area (Å²) in [5.74, 6) is 0. The van der Waals surface area contributed by atoms with Crippen LogP contribution in [0.1, 0.15) is 0 Å². The van der Waals surface area contributed by atoms with Crippen molar-refractivity contribution in [3.05, 3.63) is 0 Å². The maximum absolute atomic E-state index is 11.4. The number of hydrogen-bond acceptors (Lipinski definition) is 1. The third-order valence-corrected chi connectivity index (χ3v) is 6.54. The molecule has 0 heterocycles. The Kier molecular flexibility index (Phi) is 4.57. The van der Waals surface area contributed by atoms with Crippen LogP contribution in [0, 0.1) is 0 Å². The Morgan fingerprint density at radius 1 is 1.10 bits per heavy atom. The van der Waals surface area contributed by atoms with E-state index >= 15 is 0 Å². The fourth-order valence-corrected chi connectivity index (χ4v) is 2.95. The Bertz CT molecular complexity index is 95.3. The Morgan fingerprint density at radius 2 is 1.50 bits per heavy atom. The Hall–Kier alpha value is 1.53. The average Bonchev–Trinajstić information content (AvgIpc) is 1.57. The third kappa shape index (κ3) is 9.53. The molecule has 0 aliphatic heterocycles. The van der Waals surface area contributed by atoms with Crippen LogP contribution >= 0.6 is 45.0 Å². The van der Waals surface area contributed by atoms with Crippen molar-refractivity contribution in [1.82, 2.24) is 0 Å². The van der Waals surface area contributed by atoms with E-state index in [4.69, 9.17) is 34.8 Å². The second-order valence-electron chi connectivity index (χ2n) is 1.06. The molecule has 0 atom stereocenters. The van der Waals surface area contributed by atoms with Crippen LogP contribution in [-0.2, 0) is 0 Å². The van der Waals surface area contributed by atoms with Gasteiger partial charge in [0, 0.05) is 0 Å². The van der Waals surface area contributed by atoms with Crippen LogP contribution in [0.4, 0.5) is 13.2 Å². The summed E-state index contributed by atoms with van der Waals surface area (Å²) < 4.78 is 32.4. The summed E-state index contributed by atoms with van der Waals surface area (Å²) in [6, 6.07) is 0. The van der Waals surface area contributed by atoms with Gasteiger partial charge < -0.3 is 0 Å². The SMILES string of the molecule is FC(F)(F)[Se]SC(Cl)(Cl)Cl. The van der Waals surface area contributed by atoms with Gasteiger partial charge in [-0.15, -0.1) is 0 Å². The summed E-state index contributed by atoms with van der Waals surface area (Å²) in [4.78, 5) is 0. The third-order valence-electron chi connectivity index (χ3n) is 0.231. The number of rotatable bonds is 1. The first-order valence-electron chi connectivity index (χ1n) is 1.71. The maximum atomic E-state index is 11.4. The minimum atomic E-state index is -4.22. The van der Waals surface area contributed by atoms with Gasteiger partial charge in [-0.3, -0.25) is 0 Å². The van der Waals surface area contributed by atoms with Crippen LogP contribution in [0.5, 0.6) is 0 Å². The molecule has 0 aliphatic carbocycles. The van der Waals surface area contributed by atoms with Crippen molar-refractivity contribution in [2.45, 2.75) is 8.20 Å². The molecule has 62 valence electrons. The molecular weight excluding hydrogens is 298 g/mol. The fourth-order valence-electron chi connectivity index (χ4n) is 0.0945. The topological polar surface area (TPSA) is 0 Å². The molecule has 0 nitrogen and oxygen atoms in total. The molecule has 10 heavy (non-hydrogen) atoms. The second-order valence-corrected chi connectivity index (χ2v) is 8.03. The van der Waals surface area contributed by atoms with Crippen molar-refractivity contribution >= 4 is 58.8 Å². The molecule has 0 N–H and O–H groups in total. The van der Waals surface area contributed by atoms with E-state index in [2.05, 4.69) is 0 Å². The van der Waals surface area contributed by atoms with Crippen molar-refractivity contribution in [2.24, 2.45) is 0 Å². The predicted molar refractivity (Wildman–Crippen MR) is 39.7 cm³/mol. The van der Waals surface area contributed by atoms with E-state index < -0.39 is 22.0 Å². The monoisotopic (exact) mass is 298 g/mol. The van der Waals surface area contributed by atoms with E-state index in [-0.39, 0.29) is 10.2 Å². The number of hydrogen-bond donors (Lipinski definition) is 0. The standard InChI is InChI=1S/C2Cl3F3SSe/c3-1(4,5)9-10-2(6,7)8. The van der Waals surface area contributed by atoms with E-state index in [1.54, 1.807) is 0 Å².